The third-order valence-corrected chi connectivity index (χ3v) is 5.59. The maximum Gasteiger partial charge on any atom is 0.307 e. The van der Waals surface area contributed by atoms with Crippen molar-refractivity contribution in [3.05, 3.63) is 76.9 Å². The van der Waals surface area contributed by atoms with Crippen molar-refractivity contribution in [3.8, 4) is 0 Å². The normalized spacial score (nSPS) is 18.4. The number of carboxylic acids is 1. The second kappa shape index (κ2) is 9.71. The molecule has 1 N–H and O–H groups in total. The number of hydrogen-bond acceptors (Lipinski definition) is 2. The summed E-state index contributed by atoms with van der Waals surface area (Å²) >= 11 is 0. The number of likely N-dealkylation sites (tertiary alicyclic amines) is 1. The Morgan fingerprint density at radius 2 is 1.64 bits per heavy atom. The fraction of sp³-hybridized carbons (Fsp3) is 0.292. The summed E-state index contributed by atoms with van der Waals surface area (Å²) in [4.78, 5) is 13.6. The number of rotatable bonds is 4. The number of aliphatic carboxylic acids is 1. The molecule has 28 heavy (non-hydrogen) atoms. The predicted octanol–water partition coefficient (Wildman–Crippen LogP) is 4.41. The van der Waals surface area contributed by atoms with Crippen molar-refractivity contribution in [3.63, 3.8) is 0 Å². The second-order valence-corrected chi connectivity index (χ2v) is 7.39. The predicted molar refractivity (Wildman–Crippen MR) is 116 cm³/mol. The monoisotopic (exact) mass is 382 g/mol. The summed E-state index contributed by atoms with van der Waals surface area (Å²) < 4.78 is 0. The third-order valence-electron chi connectivity index (χ3n) is 5.59. The molecule has 0 bridgehead atoms. The van der Waals surface area contributed by atoms with Crippen LogP contribution in [0.4, 0.5) is 0 Å². The summed E-state index contributed by atoms with van der Waals surface area (Å²) in [5, 5.41) is 9.29. The van der Waals surface area contributed by atoms with Crippen molar-refractivity contribution in [1.82, 2.24) is 4.90 Å². The summed E-state index contributed by atoms with van der Waals surface area (Å²) in [5.74, 6) is -0.870. The Morgan fingerprint density at radius 1 is 1.04 bits per heavy atom. The van der Waals surface area contributed by atoms with Gasteiger partial charge in [0.25, 0.3) is 0 Å². The molecule has 1 unspecified atom stereocenters. The van der Waals surface area contributed by atoms with Crippen LogP contribution >= 0.6 is 0 Å². The van der Waals surface area contributed by atoms with Crippen LogP contribution < -0.4 is 0 Å². The molecule has 1 saturated heterocycles. The molecule has 0 spiro atoms. The third kappa shape index (κ3) is 4.66. The van der Waals surface area contributed by atoms with E-state index in [1.165, 1.54) is 27.8 Å². The number of benzene rings is 2. The van der Waals surface area contributed by atoms with Crippen molar-refractivity contribution < 1.29 is 9.90 Å². The minimum Gasteiger partial charge on any atom is -0.481 e. The molecule has 1 heterocycles. The minimum atomic E-state index is -0.657. The Bertz CT molecular complexity index is 851. The molecule has 2 aromatic carbocycles. The zero-order valence-corrected chi connectivity index (χ0v) is 18.5. The van der Waals surface area contributed by atoms with Crippen molar-refractivity contribution in [1.29, 1.82) is 0 Å². The van der Waals surface area contributed by atoms with Crippen LogP contribution in [0.1, 0.15) is 41.5 Å². The quantitative estimate of drug-likeness (QED) is 0.680. The van der Waals surface area contributed by atoms with Gasteiger partial charge >= 0.3 is 5.97 Å². The Kier molecular flexibility index (Phi) is 7.30. The summed E-state index contributed by atoms with van der Waals surface area (Å²) in [5.41, 5.74) is 6.28. The summed E-state index contributed by atoms with van der Waals surface area (Å²) in [6.45, 7) is 2.58. The van der Waals surface area contributed by atoms with Gasteiger partial charge in [0.1, 0.15) is 0 Å². The first kappa shape index (κ1) is 21.1. The topological polar surface area (TPSA) is 40.5 Å². The van der Waals surface area contributed by atoms with Gasteiger partial charge in [0.2, 0.25) is 0 Å². The Hall–Kier alpha value is -1.65. The smallest absolute Gasteiger partial charge is 0.307 e. The van der Waals surface area contributed by atoms with E-state index < -0.39 is 5.97 Å². The van der Waals surface area contributed by atoms with E-state index in [1.807, 2.05) is 0 Å². The van der Waals surface area contributed by atoms with Gasteiger partial charge in [0.05, 0.1) is 5.92 Å². The average molecular weight is 382 g/mol. The van der Waals surface area contributed by atoms with Crippen molar-refractivity contribution in [2.75, 3.05) is 19.6 Å². The molecule has 1 aliphatic heterocycles. The number of piperidine rings is 1. The van der Waals surface area contributed by atoms with Gasteiger partial charge in [-0.15, -0.1) is 0 Å². The summed E-state index contributed by atoms with van der Waals surface area (Å²) in [6.07, 6.45) is 9.41. The van der Waals surface area contributed by atoms with Crippen LogP contribution in [0.15, 0.2) is 54.6 Å². The second-order valence-electron chi connectivity index (χ2n) is 7.39. The van der Waals surface area contributed by atoms with Crippen LogP contribution in [-0.2, 0) is 4.79 Å². The van der Waals surface area contributed by atoms with E-state index in [4.69, 9.17) is 0 Å². The SMILES string of the molecule is O=C(O)C1CCCN(CCC=C2c3ccccc3C=Cc3ccccc32)C1.[Na]. The van der Waals surface area contributed by atoms with Crippen LogP contribution in [0.2, 0.25) is 0 Å². The van der Waals surface area contributed by atoms with E-state index >= 15 is 0 Å². The summed E-state index contributed by atoms with van der Waals surface area (Å²) in [6, 6.07) is 17.0. The summed E-state index contributed by atoms with van der Waals surface area (Å²) in [7, 11) is 0. The molecule has 3 nitrogen and oxygen atoms in total. The van der Waals surface area contributed by atoms with E-state index in [-0.39, 0.29) is 35.5 Å². The Labute approximate surface area is 189 Å². The van der Waals surface area contributed by atoms with Gasteiger partial charge in [-0.25, -0.2) is 0 Å². The number of fused-ring (bicyclic) bond motifs is 2. The van der Waals surface area contributed by atoms with Gasteiger partial charge in [-0.05, 0) is 53.6 Å². The standard InChI is InChI=1S/C24H25NO2.Na/c26-24(27)20-9-5-15-25(17-20)16-6-12-23-21-10-3-1-7-18(21)13-14-19-8-2-4-11-22(19)23;/h1-4,7-8,10-14,20H,5-6,9,15-17H2,(H,26,27);. The Morgan fingerprint density at radius 3 is 2.25 bits per heavy atom. The maximum atomic E-state index is 11.3. The molecule has 0 aromatic heterocycles. The van der Waals surface area contributed by atoms with E-state index in [0.29, 0.717) is 6.54 Å². The van der Waals surface area contributed by atoms with Gasteiger partial charge in [-0.3, -0.25) is 4.79 Å². The van der Waals surface area contributed by atoms with E-state index in [1.54, 1.807) is 0 Å². The Balaban J connectivity index is 0.00000225. The van der Waals surface area contributed by atoms with Crippen LogP contribution in [0, 0.1) is 5.92 Å². The van der Waals surface area contributed by atoms with Crippen LogP contribution in [0.25, 0.3) is 17.7 Å². The van der Waals surface area contributed by atoms with E-state index in [0.717, 1.165) is 32.4 Å². The first-order valence-electron chi connectivity index (χ1n) is 9.74. The first-order valence-corrected chi connectivity index (χ1v) is 9.74. The van der Waals surface area contributed by atoms with Gasteiger partial charge in [0.15, 0.2) is 0 Å². The van der Waals surface area contributed by atoms with E-state index in [2.05, 4.69) is 71.7 Å². The van der Waals surface area contributed by atoms with Crippen molar-refractivity contribution >= 4 is 53.3 Å². The van der Waals surface area contributed by atoms with Gasteiger partial charge in [-0.2, -0.15) is 0 Å². The molecule has 1 fully saturated rings. The molecule has 2 aromatic rings. The van der Waals surface area contributed by atoms with Crippen molar-refractivity contribution in [2.45, 2.75) is 19.3 Å². The zero-order valence-electron chi connectivity index (χ0n) is 16.5. The molecule has 0 amide bonds. The first-order chi connectivity index (χ1) is 13.2. The molecular formula is C24H25NNaO2. The van der Waals surface area contributed by atoms with E-state index in [9.17, 15) is 9.90 Å². The minimum absolute atomic E-state index is 0. The molecule has 0 saturated carbocycles. The zero-order chi connectivity index (χ0) is 18.6. The number of carbonyl (C=O) groups is 1. The maximum absolute atomic E-state index is 11.3. The molecule has 4 heteroatoms. The van der Waals surface area contributed by atoms with Crippen molar-refractivity contribution in [2.24, 2.45) is 5.92 Å². The largest absolute Gasteiger partial charge is 0.481 e. The van der Waals surface area contributed by atoms with Crippen LogP contribution in [-0.4, -0.2) is 65.2 Å². The molecule has 1 atom stereocenters. The fourth-order valence-corrected chi connectivity index (χ4v) is 4.17. The van der Waals surface area contributed by atoms with Crippen LogP contribution in [0.3, 0.4) is 0 Å². The molecule has 2 aliphatic rings. The average Bonchev–Trinajstić information content (AvgIpc) is 2.86. The molecule has 139 valence electrons. The number of hydrogen-bond donors (Lipinski definition) is 1. The van der Waals surface area contributed by atoms with Crippen LogP contribution in [0.5, 0.6) is 0 Å². The molecule has 4 rings (SSSR count). The van der Waals surface area contributed by atoms with Gasteiger partial charge in [-0.1, -0.05) is 66.8 Å². The molecular weight excluding hydrogens is 357 g/mol. The fourth-order valence-electron chi connectivity index (χ4n) is 4.17. The molecule has 1 radical (unpaired) electrons. The van der Waals surface area contributed by atoms with Gasteiger partial charge < -0.3 is 10.0 Å². The number of carboxylic acid groups (broad SMARTS) is 1. The number of nitrogens with zero attached hydrogens (tertiary/aromatic N) is 1. The molecule has 1 aliphatic carbocycles. The van der Waals surface area contributed by atoms with Gasteiger partial charge in [0, 0.05) is 42.6 Å².